The van der Waals surface area contributed by atoms with Crippen molar-refractivity contribution < 1.29 is 4.74 Å². The molecule has 2 aliphatic rings. The van der Waals surface area contributed by atoms with E-state index in [1.165, 1.54) is 19.3 Å². The van der Waals surface area contributed by atoms with Crippen LogP contribution in [0.1, 0.15) is 46.5 Å². The van der Waals surface area contributed by atoms with Crippen LogP contribution in [0.4, 0.5) is 0 Å². The highest BCUT2D eigenvalue weighted by Crippen LogP contribution is 2.49. The third-order valence-electron chi connectivity index (χ3n) is 5.05. The molecule has 0 amide bonds. The zero-order chi connectivity index (χ0) is 12.5. The molecular weight excluding hydrogens is 212 g/mol. The molecule has 0 aromatic heterocycles. The summed E-state index contributed by atoms with van der Waals surface area (Å²) in [6.45, 7) is 10.8. The van der Waals surface area contributed by atoms with E-state index < -0.39 is 0 Å². The molecule has 0 bridgehead atoms. The molecule has 2 fully saturated rings. The van der Waals surface area contributed by atoms with E-state index in [4.69, 9.17) is 10.5 Å². The van der Waals surface area contributed by atoms with Crippen molar-refractivity contribution in [3.05, 3.63) is 0 Å². The van der Waals surface area contributed by atoms with Gasteiger partial charge in [0.2, 0.25) is 0 Å². The summed E-state index contributed by atoms with van der Waals surface area (Å²) in [6.07, 6.45) is 5.36. The van der Waals surface area contributed by atoms with Crippen LogP contribution in [0, 0.1) is 5.41 Å². The van der Waals surface area contributed by atoms with E-state index in [1.807, 2.05) is 0 Å². The number of hydrogen-bond acceptors (Lipinski definition) is 3. The van der Waals surface area contributed by atoms with E-state index >= 15 is 0 Å². The Kier molecular flexibility index (Phi) is 3.81. The third kappa shape index (κ3) is 2.25. The Balaban J connectivity index is 2.21. The SMILES string of the molecule is CC1CN(C2(CN)CCCC2(C)C)CCCO1. The van der Waals surface area contributed by atoms with Crippen LogP contribution in [0.3, 0.4) is 0 Å². The first-order valence-corrected chi connectivity index (χ1v) is 7.08. The van der Waals surface area contributed by atoms with Crippen LogP contribution in [0.25, 0.3) is 0 Å². The number of hydrogen-bond donors (Lipinski definition) is 1. The lowest BCUT2D eigenvalue weighted by molar-refractivity contribution is -0.00723. The summed E-state index contributed by atoms with van der Waals surface area (Å²) in [5.41, 5.74) is 6.73. The number of nitrogens with two attached hydrogens (primary N) is 1. The standard InChI is InChI=1S/C14H28N2O/c1-12-10-16(8-5-9-17-12)14(11-15)7-4-6-13(14,2)3/h12H,4-11,15H2,1-3H3. The van der Waals surface area contributed by atoms with Gasteiger partial charge in [0.1, 0.15) is 0 Å². The first kappa shape index (κ1) is 13.3. The lowest BCUT2D eigenvalue weighted by Crippen LogP contribution is -2.61. The topological polar surface area (TPSA) is 38.5 Å². The van der Waals surface area contributed by atoms with Crippen molar-refractivity contribution >= 4 is 0 Å². The normalized spacial score (nSPS) is 39.2. The maximum atomic E-state index is 6.19. The quantitative estimate of drug-likeness (QED) is 0.802. The van der Waals surface area contributed by atoms with Gasteiger partial charge in [-0.25, -0.2) is 0 Å². The number of ether oxygens (including phenoxy) is 1. The largest absolute Gasteiger partial charge is 0.377 e. The average Bonchev–Trinajstić information content (AvgIpc) is 2.46. The van der Waals surface area contributed by atoms with Crippen LogP contribution in [0.2, 0.25) is 0 Å². The molecule has 2 rings (SSSR count). The number of rotatable bonds is 2. The zero-order valence-electron chi connectivity index (χ0n) is 11.7. The van der Waals surface area contributed by atoms with Crippen LogP contribution < -0.4 is 5.73 Å². The van der Waals surface area contributed by atoms with Crippen molar-refractivity contribution in [2.45, 2.75) is 58.1 Å². The van der Waals surface area contributed by atoms with Crippen molar-refractivity contribution in [2.75, 3.05) is 26.2 Å². The minimum absolute atomic E-state index is 0.203. The molecule has 2 unspecified atom stereocenters. The summed E-state index contributed by atoms with van der Waals surface area (Å²) in [4.78, 5) is 2.64. The predicted octanol–water partition coefficient (Wildman–Crippen LogP) is 2.00. The van der Waals surface area contributed by atoms with Crippen molar-refractivity contribution in [2.24, 2.45) is 11.1 Å². The summed E-state index contributed by atoms with van der Waals surface area (Å²) in [6, 6.07) is 0. The molecule has 0 aromatic carbocycles. The van der Waals surface area contributed by atoms with Gasteiger partial charge in [0.15, 0.2) is 0 Å². The molecular formula is C14H28N2O. The fraction of sp³-hybridized carbons (Fsp3) is 1.00. The van der Waals surface area contributed by atoms with Gasteiger partial charge in [0.25, 0.3) is 0 Å². The molecule has 2 atom stereocenters. The van der Waals surface area contributed by atoms with Crippen LogP contribution >= 0.6 is 0 Å². The van der Waals surface area contributed by atoms with Gasteiger partial charge in [-0.15, -0.1) is 0 Å². The fourth-order valence-electron chi connectivity index (χ4n) is 3.87. The van der Waals surface area contributed by atoms with Gasteiger partial charge in [-0.1, -0.05) is 20.3 Å². The average molecular weight is 240 g/mol. The molecule has 17 heavy (non-hydrogen) atoms. The molecule has 0 spiro atoms. The van der Waals surface area contributed by atoms with E-state index in [0.29, 0.717) is 11.5 Å². The molecule has 1 heterocycles. The molecule has 3 heteroatoms. The molecule has 3 nitrogen and oxygen atoms in total. The first-order chi connectivity index (χ1) is 8.02. The van der Waals surface area contributed by atoms with Gasteiger partial charge >= 0.3 is 0 Å². The highest BCUT2D eigenvalue weighted by Gasteiger charge is 2.51. The lowest BCUT2D eigenvalue weighted by Gasteiger charge is -2.49. The van der Waals surface area contributed by atoms with Crippen LogP contribution in [-0.2, 0) is 4.74 Å². The Labute approximate surface area is 106 Å². The predicted molar refractivity (Wildman–Crippen MR) is 71.0 cm³/mol. The van der Waals surface area contributed by atoms with Crippen LogP contribution in [-0.4, -0.2) is 42.8 Å². The van der Waals surface area contributed by atoms with Gasteiger partial charge in [-0.2, -0.15) is 0 Å². The second kappa shape index (κ2) is 4.87. The monoisotopic (exact) mass is 240 g/mol. The minimum atomic E-state index is 0.203. The Morgan fingerprint density at radius 1 is 1.29 bits per heavy atom. The van der Waals surface area contributed by atoms with E-state index in [0.717, 1.165) is 32.7 Å². The molecule has 1 saturated heterocycles. The van der Waals surface area contributed by atoms with E-state index in [1.54, 1.807) is 0 Å². The second-order valence-electron chi connectivity index (χ2n) is 6.45. The second-order valence-corrected chi connectivity index (χ2v) is 6.45. The van der Waals surface area contributed by atoms with E-state index in [-0.39, 0.29) is 5.54 Å². The Hall–Kier alpha value is -0.120. The molecule has 100 valence electrons. The summed E-state index contributed by atoms with van der Waals surface area (Å²) < 4.78 is 5.77. The molecule has 1 aliphatic carbocycles. The van der Waals surface area contributed by atoms with Crippen LogP contribution in [0.15, 0.2) is 0 Å². The Morgan fingerprint density at radius 3 is 2.65 bits per heavy atom. The third-order valence-corrected chi connectivity index (χ3v) is 5.05. The summed E-state index contributed by atoms with van der Waals surface area (Å²) in [7, 11) is 0. The van der Waals surface area contributed by atoms with E-state index in [2.05, 4.69) is 25.7 Å². The Morgan fingerprint density at radius 2 is 2.06 bits per heavy atom. The highest BCUT2D eigenvalue weighted by molar-refractivity contribution is 5.07. The smallest absolute Gasteiger partial charge is 0.0674 e. The zero-order valence-corrected chi connectivity index (χ0v) is 11.7. The molecule has 0 aromatic rings. The van der Waals surface area contributed by atoms with Crippen molar-refractivity contribution in [1.82, 2.24) is 4.90 Å². The molecule has 1 saturated carbocycles. The van der Waals surface area contributed by atoms with Crippen LogP contribution in [0.5, 0.6) is 0 Å². The van der Waals surface area contributed by atoms with E-state index in [9.17, 15) is 0 Å². The summed E-state index contributed by atoms with van der Waals surface area (Å²) >= 11 is 0. The minimum Gasteiger partial charge on any atom is -0.377 e. The first-order valence-electron chi connectivity index (χ1n) is 7.08. The van der Waals surface area contributed by atoms with Gasteiger partial charge in [0, 0.05) is 31.8 Å². The van der Waals surface area contributed by atoms with Gasteiger partial charge < -0.3 is 10.5 Å². The van der Waals surface area contributed by atoms with Gasteiger partial charge in [0.05, 0.1) is 6.10 Å². The van der Waals surface area contributed by atoms with Gasteiger partial charge in [-0.05, 0) is 31.6 Å². The maximum Gasteiger partial charge on any atom is 0.0674 e. The molecule has 0 radical (unpaired) electrons. The number of nitrogens with zero attached hydrogens (tertiary/aromatic N) is 1. The lowest BCUT2D eigenvalue weighted by atomic mass is 9.73. The molecule has 1 aliphatic heterocycles. The summed E-state index contributed by atoms with van der Waals surface area (Å²) in [5.74, 6) is 0. The summed E-state index contributed by atoms with van der Waals surface area (Å²) in [5, 5.41) is 0. The fourth-order valence-corrected chi connectivity index (χ4v) is 3.87. The van der Waals surface area contributed by atoms with Gasteiger partial charge in [-0.3, -0.25) is 4.90 Å². The van der Waals surface area contributed by atoms with Crippen molar-refractivity contribution in [3.8, 4) is 0 Å². The molecule has 2 N–H and O–H groups in total. The van der Waals surface area contributed by atoms with Crippen molar-refractivity contribution in [3.63, 3.8) is 0 Å². The van der Waals surface area contributed by atoms with Crippen molar-refractivity contribution in [1.29, 1.82) is 0 Å². The highest BCUT2D eigenvalue weighted by atomic mass is 16.5. The maximum absolute atomic E-state index is 6.19. The Bertz CT molecular complexity index is 267.